The Bertz CT molecular complexity index is 3670. The molecule has 9 heterocycles. The second kappa shape index (κ2) is 63.1. The van der Waals surface area contributed by atoms with Gasteiger partial charge in [0.05, 0.1) is 18.3 Å². The summed E-state index contributed by atoms with van der Waals surface area (Å²) in [4.78, 5) is 122. The molecule has 0 bridgehead atoms. The van der Waals surface area contributed by atoms with Crippen LogP contribution in [0.15, 0.2) is 24.3 Å². The van der Waals surface area contributed by atoms with Crippen molar-refractivity contribution in [2.45, 2.75) is 504 Å². The lowest BCUT2D eigenvalue weighted by Crippen LogP contribution is -2.46. The van der Waals surface area contributed by atoms with Gasteiger partial charge in [-0.3, -0.25) is 19.4 Å². The van der Waals surface area contributed by atoms with Gasteiger partial charge in [-0.25, -0.2) is 43.4 Å². The molecule has 3 atom stereocenters. The molecular weight excluding hydrogens is 1820 g/mol. The number of nitrogens with zero attached hydrogens (tertiary/aromatic N) is 9. The van der Waals surface area contributed by atoms with E-state index in [9.17, 15) is 53.4 Å². The molecule has 14 rings (SSSR count). The predicted octanol–water partition coefficient (Wildman–Crippen LogP) is 25.6. The molecule has 3 unspecified atom stereocenters. The van der Waals surface area contributed by atoms with E-state index in [4.69, 9.17) is 47.4 Å². The van der Waals surface area contributed by atoms with Crippen LogP contribution in [0, 0.1) is 17.8 Å². The lowest BCUT2D eigenvalue weighted by Gasteiger charge is -2.41. The first-order valence-electron chi connectivity index (χ1n) is 56.8. The Morgan fingerprint density at radius 1 is 0.350 bits per heavy atom. The molecule has 0 spiro atoms. The normalized spacial score (nSPS) is 20.6. The highest BCUT2D eigenvalue weighted by molar-refractivity contribution is 5.94. The first-order chi connectivity index (χ1) is 68.1. The molecule has 0 radical (unpaired) electrons. The van der Waals surface area contributed by atoms with Gasteiger partial charge in [0.25, 0.3) is 0 Å². The van der Waals surface area contributed by atoms with Crippen LogP contribution in [0.25, 0.3) is 0 Å². The van der Waals surface area contributed by atoms with Gasteiger partial charge < -0.3 is 82.1 Å². The van der Waals surface area contributed by atoms with E-state index in [2.05, 4.69) is 83.1 Å². The Morgan fingerprint density at radius 3 is 1.01 bits per heavy atom. The van der Waals surface area contributed by atoms with E-state index in [0.717, 1.165) is 283 Å². The number of hydrogen-bond donors (Lipinski definition) is 2. The number of likely N-dealkylation sites (tertiary alicyclic amines) is 9. The minimum Gasteiger partial charge on any atom is -0.497 e. The monoisotopic (exact) mass is 2020 g/mol. The molecular formula is C113H201N9O21. The van der Waals surface area contributed by atoms with Crippen LogP contribution in [0.2, 0.25) is 0 Å². The molecule has 4 aliphatic carbocycles. The Labute approximate surface area is 863 Å². The van der Waals surface area contributed by atoms with Crippen molar-refractivity contribution in [3.05, 3.63) is 29.8 Å². The predicted molar refractivity (Wildman–Crippen MR) is 563 cm³/mol. The third-order valence-corrected chi connectivity index (χ3v) is 32.6. The molecule has 30 nitrogen and oxygen atoms in total. The summed E-state index contributed by atoms with van der Waals surface area (Å²) in [5, 5.41) is 19.8. The summed E-state index contributed by atoms with van der Waals surface area (Å²) in [5.74, 6) is 2.10. The molecule has 1 aromatic rings. The molecule has 143 heavy (non-hydrogen) atoms. The highest BCUT2D eigenvalue weighted by Gasteiger charge is 2.45. The summed E-state index contributed by atoms with van der Waals surface area (Å²) >= 11 is 0. The average Bonchev–Trinajstić information content (AvgIpc) is 1.72. The smallest absolute Gasteiger partial charge is 0.417 e. The number of carbonyl (C=O) groups excluding carboxylic acids is 9. The molecule has 824 valence electrons. The summed E-state index contributed by atoms with van der Waals surface area (Å²) < 4.78 is 55.8. The van der Waals surface area contributed by atoms with Gasteiger partial charge in [-0.1, -0.05) is 139 Å². The van der Waals surface area contributed by atoms with E-state index in [1.165, 1.54) is 119 Å². The lowest BCUT2D eigenvalue weighted by molar-refractivity contribution is -0.254. The first kappa shape index (κ1) is 125. The van der Waals surface area contributed by atoms with Crippen molar-refractivity contribution in [1.29, 1.82) is 0 Å². The number of carbonyl (C=O) groups is 9. The number of rotatable bonds is 27. The Hall–Kier alpha value is -6.99. The molecule has 1 aromatic carbocycles. The fourth-order valence-electron chi connectivity index (χ4n) is 21.6. The van der Waals surface area contributed by atoms with E-state index in [1.807, 2.05) is 104 Å². The van der Waals surface area contributed by atoms with Crippen LogP contribution in [-0.4, -0.2) is 278 Å². The van der Waals surface area contributed by atoms with Gasteiger partial charge in [-0.2, -0.15) is 0 Å². The second-order valence-electron chi connectivity index (χ2n) is 44.6. The minimum atomic E-state index is -0.711. The van der Waals surface area contributed by atoms with E-state index in [0.29, 0.717) is 43.7 Å². The van der Waals surface area contributed by atoms with Crippen LogP contribution in [0.4, 0.5) is 33.6 Å². The van der Waals surface area contributed by atoms with Gasteiger partial charge in [0.2, 0.25) is 24.6 Å². The topological polar surface area (TPSA) is 316 Å². The number of aliphatic hydroxyl groups excluding tert-OH is 2. The Balaban J connectivity index is 0.000000247. The molecule has 30 heteroatoms. The largest absolute Gasteiger partial charge is 0.497 e. The van der Waals surface area contributed by atoms with Crippen LogP contribution in [-0.2, 0) is 52.2 Å². The summed E-state index contributed by atoms with van der Waals surface area (Å²) in [6, 6.07) is 7.58. The fraction of sp³-hybridized carbons (Fsp3) is 0.867. The van der Waals surface area contributed by atoms with Gasteiger partial charge in [0, 0.05) is 118 Å². The number of imide groups is 2. The third kappa shape index (κ3) is 41.8. The summed E-state index contributed by atoms with van der Waals surface area (Å²) in [6.07, 6.45) is 47.1. The number of benzene rings is 1. The van der Waals surface area contributed by atoms with E-state index in [1.54, 1.807) is 16.9 Å². The Kier molecular flexibility index (Phi) is 55.0. The van der Waals surface area contributed by atoms with Crippen molar-refractivity contribution in [1.82, 2.24) is 44.1 Å². The van der Waals surface area contributed by atoms with Gasteiger partial charge >= 0.3 is 42.7 Å². The number of methoxy groups -OCH3 is 1. The number of ether oxygens (including phenoxy) is 10. The minimum absolute atomic E-state index is 0.0729. The molecule has 9 saturated heterocycles. The van der Waals surface area contributed by atoms with Crippen LogP contribution < -0.4 is 4.74 Å². The number of hydrogen-bond acceptors (Lipinski definition) is 23. The molecule has 9 aliphatic heterocycles. The fourth-order valence-corrected chi connectivity index (χ4v) is 21.6. The molecule has 9 amide bonds. The van der Waals surface area contributed by atoms with Crippen molar-refractivity contribution in [2.24, 2.45) is 17.8 Å². The second-order valence-corrected chi connectivity index (χ2v) is 44.6. The molecule has 2 N–H and O–H groups in total. The van der Waals surface area contributed by atoms with Crippen molar-refractivity contribution in [2.75, 3.05) is 112 Å². The maximum absolute atomic E-state index is 12.3. The third-order valence-electron chi connectivity index (χ3n) is 32.6. The molecule has 0 aromatic heterocycles. The highest BCUT2D eigenvalue weighted by Crippen LogP contribution is 2.43. The zero-order chi connectivity index (χ0) is 105. The zero-order valence-electron chi connectivity index (χ0n) is 93.5. The van der Waals surface area contributed by atoms with Gasteiger partial charge in [0.15, 0.2) is 0 Å². The van der Waals surface area contributed by atoms with Gasteiger partial charge in [-0.15, -0.1) is 0 Å². The van der Waals surface area contributed by atoms with Crippen LogP contribution in [0.1, 0.15) is 452 Å². The first-order valence-corrected chi connectivity index (χ1v) is 56.8. The van der Waals surface area contributed by atoms with Gasteiger partial charge in [-0.05, 0) is 336 Å². The molecule has 13 fully saturated rings. The van der Waals surface area contributed by atoms with E-state index >= 15 is 0 Å². The van der Waals surface area contributed by atoms with Crippen molar-refractivity contribution in [3.8, 4) is 5.75 Å². The van der Waals surface area contributed by atoms with Crippen LogP contribution >= 0.6 is 0 Å². The summed E-state index contributed by atoms with van der Waals surface area (Å²) in [6.45, 7) is 54.2. The quantitative estimate of drug-likeness (QED) is 0.0610. The van der Waals surface area contributed by atoms with Crippen molar-refractivity contribution < 1.29 is 101 Å². The molecule has 4 saturated carbocycles. The SMILES string of the molecule is CC(C)(C)OC(=O)N1CCCC1.CC(C)(OC(=O)N1CCCC1=O)C1CCCCC1.CC(C)(OC(O)N1CCCC1)C1CCCCC1.CCC(C)(C)OC(O)N1CCCC1.CCC(CC)(CC)OC(=O)N1CCCC1.CCC(CC)(CC)OC(=O)N1CCCC1.CCC(CC)(OC(=O)N1CCCC1=O)C1CCCCC1.CCC1(OC(=O)N2CCCC2)CCCC1.COc1ccc(C(C)OC(=O)N2CCCC2)cc1. The highest BCUT2D eigenvalue weighted by atomic mass is 16.7. The van der Waals surface area contributed by atoms with Gasteiger partial charge in [0.1, 0.15) is 45.5 Å². The zero-order valence-corrected chi connectivity index (χ0v) is 93.5. The summed E-state index contributed by atoms with van der Waals surface area (Å²) in [5.41, 5.74) is -1.23. The van der Waals surface area contributed by atoms with E-state index < -0.39 is 30.6 Å². The molecule has 13 aliphatic rings. The van der Waals surface area contributed by atoms with Crippen LogP contribution in [0.3, 0.4) is 0 Å². The average molecular weight is 2020 g/mol. The van der Waals surface area contributed by atoms with Crippen molar-refractivity contribution >= 4 is 54.5 Å². The maximum Gasteiger partial charge on any atom is 0.417 e. The maximum atomic E-state index is 12.3. The standard InChI is InChI=1S/C16H27NO3.C14H19NO3.C14H23NO3.C14H27NO2.C12H21NO2.2C12H23NO2.C10H21NO2.C9H17NO2/c1-3-16(4-2,13-9-6-5-7-10-13)20-15(19)17-12-8-11-14(17)18;1-11(12-5-7-13(17-2)8-6-12)18-14(16)15-9-3-4-10-15;1-14(2,11-7-4-3-5-8-11)18-13(17)15-10-6-9-12(15)16;1-14(2,12-8-4-3-5-9-12)17-13(16)15-10-6-7-11-15;1-2-12(7-3-4-8-12)15-11(14)13-9-5-6-10-13;2*1-4-12(5-2,6-3)15-11(14)13-9-7-8-10-13;1-4-10(2,3)13-9(12)11-7-5-6-8-11;1-9(2,3)12-8(11)10-6-4-5-7-10/h13H,3-12H2,1-2H3;5-8,11H,3-4,9-10H2,1-2H3;11H,3-10H2,1-2H3;12-13,16H,3-11H2,1-2H3;2-10H2,1H3;2*4-10H2,1-3H3;9,12H,4-8H2,1-3H3;4-7H2,1-3H3. The van der Waals surface area contributed by atoms with Crippen LogP contribution in [0.5, 0.6) is 5.75 Å². The van der Waals surface area contributed by atoms with Crippen molar-refractivity contribution in [3.63, 3.8) is 0 Å². The van der Waals surface area contributed by atoms with E-state index in [-0.39, 0.29) is 87.6 Å². The lowest BCUT2D eigenvalue weighted by atomic mass is 9.74. The Morgan fingerprint density at radius 2 is 0.678 bits per heavy atom. The number of aliphatic hydroxyl groups is 2. The summed E-state index contributed by atoms with van der Waals surface area (Å²) in [7, 11) is 1.63. The number of amides is 9.